The van der Waals surface area contributed by atoms with E-state index in [1.807, 2.05) is 55.5 Å². The van der Waals surface area contributed by atoms with Gasteiger partial charge in [0.15, 0.2) is 0 Å². The fourth-order valence-corrected chi connectivity index (χ4v) is 2.39. The zero-order valence-electron chi connectivity index (χ0n) is 11.3. The molecule has 0 aliphatic heterocycles. The standard InChI is InChI=1S/C16H17BrN2O/c1-12-5-4-7-14(11-12)19-16(20)18-10-9-13-6-2-3-8-15(13)17/h2-8,11H,9-10H2,1H3,(H2,18,19,20). The topological polar surface area (TPSA) is 41.1 Å². The van der Waals surface area contributed by atoms with Crippen molar-refractivity contribution in [1.29, 1.82) is 0 Å². The molecule has 0 atom stereocenters. The van der Waals surface area contributed by atoms with Crippen LogP contribution in [-0.4, -0.2) is 12.6 Å². The number of hydrogen-bond acceptors (Lipinski definition) is 1. The lowest BCUT2D eigenvalue weighted by molar-refractivity contribution is 0.252. The number of hydrogen-bond donors (Lipinski definition) is 2. The van der Waals surface area contributed by atoms with E-state index in [1.165, 1.54) is 5.56 Å². The molecule has 0 spiro atoms. The lowest BCUT2D eigenvalue weighted by atomic mass is 10.1. The predicted octanol–water partition coefficient (Wildman–Crippen LogP) is 4.12. The highest BCUT2D eigenvalue weighted by molar-refractivity contribution is 9.10. The van der Waals surface area contributed by atoms with Crippen LogP contribution in [-0.2, 0) is 6.42 Å². The highest BCUT2D eigenvalue weighted by Gasteiger charge is 2.02. The summed E-state index contributed by atoms with van der Waals surface area (Å²) in [5.74, 6) is 0. The van der Waals surface area contributed by atoms with Crippen LogP contribution in [0.25, 0.3) is 0 Å². The average Bonchev–Trinajstić information content (AvgIpc) is 2.41. The van der Waals surface area contributed by atoms with Crippen LogP contribution in [0.3, 0.4) is 0 Å². The second kappa shape index (κ2) is 7.10. The highest BCUT2D eigenvalue weighted by atomic mass is 79.9. The Hall–Kier alpha value is -1.81. The van der Waals surface area contributed by atoms with E-state index in [-0.39, 0.29) is 6.03 Å². The molecule has 0 saturated carbocycles. The molecule has 0 radical (unpaired) electrons. The highest BCUT2D eigenvalue weighted by Crippen LogP contribution is 2.15. The number of benzene rings is 2. The number of carbonyl (C=O) groups is 1. The molecule has 20 heavy (non-hydrogen) atoms. The van der Waals surface area contributed by atoms with E-state index in [0.29, 0.717) is 6.54 Å². The first-order valence-corrected chi connectivity index (χ1v) is 7.29. The SMILES string of the molecule is Cc1cccc(NC(=O)NCCc2ccccc2Br)c1. The molecule has 0 aliphatic rings. The van der Waals surface area contributed by atoms with Gasteiger partial charge in [0, 0.05) is 16.7 Å². The zero-order valence-corrected chi connectivity index (χ0v) is 12.9. The minimum Gasteiger partial charge on any atom is -0.338 e. The van der Waals surface area contributed by atoms with Crippen LogP contribution in [0.2, 0.25) is 0 Å². The number of aryl methyl sites for hydroxylation is 1. The molecule has 0 bridgehead atoms. The van der Waals surface area contributed by atoms with Crippen LogP contribution >= 0.6 is 15.9 Å². The third kappa shape index (κ3) is 4.38. The zero-order chi connectivity index (χ0) is 14.4. The van der Waals surface area contributed by atoms with Crippen molar-refractivity contribution in [3.05, 3.63) is 64.1 Å². The van der Waals surface area contributed by atoms with Gasteiger partial charge in [-0.05, 0) is 42.7 Å². The van der Waals surface area contributed by atoms with E-state index in [2.05, 4.69) is 26.6 Å². The summed E-state index contributed by atoms with van der Waals surface area (Å²) in [6.45, 7) is 2.59. The maximum Gasteiger partial charge on any atom is 0.319 e. The summed E-state index contributed by atoms with van der Waals surface area (Å²) >= 11 is 3.50. The van der Waals surface area contributed by atoms with Gasteiger partial charge in [-0.25, -0.2) is 4.79 Å². The van der Waals surface area contributed by atoms with Crippen LogP contribution in [0.5, 0.6) is 0 Å². The number of carbonyl (C=O) groups excluding carboxylic acids is 1. The molecule has 2 aromatic rings. The van der Waals surface area contributed by atoms with Gasteiger partial charge >= 0.3 is 6.03 Å². The fourth-order valence-electron chi connectivity index (χ4n) is 1.91. The Kier molecular flexibility index (Phi) is 5.18. The molecule has 3 nitrogen and oxygen atoms in total. The van der Waals surface area contributed by atoms with E-state index in [9.17, 15) is 4.79 Å². The van der Waals surface area contributed by atoms with Crippen molar-refractivity contribution in [2.24, 2.45) is 0 Å². The summed E-state index contributed by atoms with van der Waals surface area (Å²) in [7, 11) is 0. The Balaban J connectivity index is 1.80. The summed E-state index contributed by atoms with van der Waals surface area (Å²) in [6.07, 6.45) is 0.794. The molecule has 4 heteroatoms. The second-order valence-electron chi connectivity index (χ2n) is 4.59. The molecule has 0 unspecified atom stereocenters. The Morgan fingerprint density at radius 1 is 1.15 bits per heavy atom. The van der Waals surface area contributed by atoms with E-state index >= 15 is 0 Å². The van der Waals surface area contributed by atoms with Crippen LogP contribution in [0.15, 0.2) is 53.0 Å². The van der Waals surface area contributed by atoms with E-state index in [1.54, 1.807) is 0 Å². The largest absolute Gasteiger partial charge is 0.338 e. The normalized spacial score (nSPS) is 10.1. The van der Waals surface area contributed by atoms with Crippen molar-refractivity contribution in [2.75, 3.05) is 11.9 Å². The molecule has 2 amide bonds. The molecule has 2 N–H and O–H groups in total. The molecule has 0 aliphatic carbocycles. The summed E-state index contributed by atoms with van der Waals surface area (Å²) in [6, 6.07) is 15.6. The van der Waals surface area contributed by atoms with Crippen LogP contribution < -0.4 is 10.6 Å². The van der Waals surface area contributed by atoms with Gasteiger partial charge in [-0.3, -0.25) is 0 Å². The minimum absolute atomic E-state index is 0.178. The molecule has 0 aromatic heterocycles. The van der Waals surface area contributed by atoms with E-state index in [4.69, 9.17) is 0 Å². The first-order chi connectivity index (χ1) is 9.65. The number of anilines is 1. The first kappa shape index (κ1) is 14.6. The Morgan fingerprint density at radius 2 is 1.95 bits per heavy atom. The number of nitrogens with one attached hydrogen (secondary N) is 2. The second-order valence-corrected chi connectivity index (χ2v) is 5.45. The summed E-state index contributed by atoms with van der Waals surface area (Å²) in [4.78, 5) is 11.8. The fraction of sp³-hybridized carbons (Fsp3) is 0.188. The molecule has 2 aromatic carbocycles. The van der Waals surface area contributed by atoms with Crippen LogP contribution in [0.4, 0.5) is 10.5 Å². The molecule has 104 valence electrons. The smallest absolute Gasteiger partial charge is 0.319 e. The maximum atomic E-state index is 11.8. The Bertz CT molecular complexity index is 599. The molecular weight excluding hydrogens is 316 g/mol. The quantitative estimate of drug-likeness (QED) is 0.868. The molecule has 0 heterocycles. The van der Waals surface area contributed by atoms with Gasteiger partial charge in [0.25, 0.3) is 0 Å². The number of urea groups is 1. The number of halogens is 1. The third-order valence-corrected chi connectivity index (χ3v) is 3.69. The monoisotopic (exact) mass is 332 g/mol. The summed E-state index contributed by atoms with van der Waals surface area (Å²) in [5.41, 5.74) is 3.11. The molecule has 0 fully saturated rings. The van der Waals surface area contributed by atoms with Crippen molar-refractivity contribution in [2.45, 2.75) is 13.3 Å². The van der Waals surface area contributed by atoms with Gasteiger partial charge < -0.3 is 10.6 Å². The van der Waals surface area contributed by atoms with Gasteiger partial charge in [0.2, 0.25) is 0 Å². The van der Waals surface area contributed by atoms with Gasteiger partial charge in [0.1, 0.15) is 0 Å². The van der Waals surface area contributed by atoms with Crippen LogP contribution in [0, 0.1) is 6.92 Å². The first-order valence-electron chi connectivity index (χ1n) is 6.50. The summed E-state index contributed by atoms with van der Waals surface area (Å²) < 4.78 is 1.07. The number of amides is 2. The average molecular weight is 333 g/mol. The van der Waals surface area contributed by atoms with Gasteiger partial charge in [-0.15, -0.1) is 0 Å². The van der Waals surface area contributed by atoms with Crippen molar-refractivity contribution < 1.29 is 4.79 Å². The predicted molar refractivity (Wildman–Crippen MR) is 86.0 cm³/mol. The van der Waals surface area contributed by atoms with Crippen LogP contribution in [0.1, 0.15) is 11.1 Å². The van der Waals surface area contributed by atoms with Gasteiger partial charge in [-0.1, -0.05) is 46.3 Å². The lowest BCUT2D eigenvalue weighted by Gasteiger charge is -2.09. The van der Waals surface area contributed by atoms with E-state index in [0.717, 1.165) is 22.1 Å². The molecule has 2 rings (SSSR count). The molecular formula is C16H17BrN2O. The van der Waals surface area contributed by atoms with Crippen molar-refractivity contribution >= 4 is 27.6 Å². The van der Waals surface area contributed by atoms with Crippen molar-refractivity contribution in [3.8, 4) is 0 Å². The maximum absolute atomic E-state index is 11.8. The minimum atomic E-state index is -0.178. The Morgan fingerprint density at radius 3 is 2.70 bits per heavy atom. The lowest BCUT2D eigenvalue weighted by Crippen LogP contribution is -2.30. The molecule has 0 saturated heterocycles. The van der Waals surface area contributed by atoms with E-state index < -0.39 is 0 Å². The number of rotatable bonds is 4. The Labute approximate surface area is 127 Å². The summed E-state index contributed by atoms with van der Waals surface area (Å²) in [5, 5.41) is 5.68. The van der Waals surface area contributed by atoms with Gasteiger partial charge in [-0.2, -0.15) is 0 Å². The van der Waals surface area contributed by atoms with Gasteiger partial charge in [0.05, 0.1) is 0 Å². The third-order valence-electron chi connectivity index (χ3n) is 2.91. The van der Waals surface area contributed by atoms with Crippen molar-refractivity contribution in [1.82, 2.24) is 5.32 Å². The van der Waals surface area contributed by atoms with Crippen molar-refractivity contribution in [3.63, 3.8) is 0 Å².